The highest BCUT2D eigenvalue weighted by Crippen LogP contribution is 2.31. The van der Waals surface area contributed by atoms with Crippen molar-refractivity contribution in [2.45, 2.75) is 37.5 Å². The zero-order chi connectivity index (χ0) is 11.8. The van der Waals surface area contributed by atoms with E-state index >= 15 is 0 Å². The first-order valence-electron chi connectivity index (χ1n) is 5.24. The zero-order valence-corrected chi connectivity index (χ0v) is 9.77. The van der Waals surface area contributed by atoms with Gasteiger partial charge in [-0.25, -0.2) is 8.42 Å². The van der Waals surface area contributed by atoms with E-state index < -0.39 is 21.2 Å². The SMILES string of the molecule is CC(O)c1nc(C2CCCCS2(=O)=O)no1. The first-order valence-corrected chi connectivity index (χ1v) is 6.95. The van der Waals surface area contributed by atoms with E-state index in [1.54, 1.807) is 0 Å². The summed E-state index contributed by atoms with van der Waals surface area (Å²) in [5, 5.41) is 12.2. The van der Waals surface area contributed by atoms with E-state index in [-0.39, 0.29) is 17.5 Å². The smallest absolute Gasteiger partial charge is 0.255 e. The summed E-state index contributed by atoms with van der Waals surface area (Å²) in [7, 11) is -3.16. The molecular formula is C9H14N2O4S. The molecule has 0 radical (unpaired) electrons. The highest BCUT2D eigenvalue weighted by molar-refractivity contribution is 7.91. The van der Waals surface area contributed by atoms with Crippen LogP contribution in [0.25, 0.3) is 0 Å². The van der Waals surface area contributed by atoms with Gasteiger partial charge < -0.3 is 9.63 Å². The van der Waals surface area contributed by atoms with Gasteiger partial charge in [-0.1, -0.05) is 11.6 Å². The summed E-state index contributed by atoms with van der Waals surface area (Å²) < 4.78 is 28.4. The first kappa shape index (κ1) is 11.5. The molecule has 0 bridgehead atoms. The molecule has 6 nitrogen and oxygen atoms in total. The van der Waals surface area contributed by atoms with Crippen LogP contribution in [0.1, 0.15) is 49.3 Å². The molecular weight excluding hydrogens is 232 g/mol. The maximum Gasteiger partial charge on any atom is 0.255 e. The molecule has 0 aliphatic carbocycles. The minimum atomic E-state index is -3.16. The van der Waals surface area contributed by atoms with Gasteiger partial charge in [-0.2, -0.15) is 4.98 Å². The quantitative estimate of drug-likeness (QED) is 0.828. The molecule has 2 atom stereocenters. The van der Waals surface area contributed by atoms with Crippen molar-refractivity contribution < 1.29 is 18.0 Å². The van der Waals surface area contributed by atoms with Crippen molar-refractivity contribution >= 4 is 9.84 Å². The Morgan fingerprint density at radius 1 is 1.50 bits per heavy atom. The van der Waals surface area contributed by atoms with Crippen molar-refractivity contribution in [3.05, 3.63) is 11.7 Å². The fraction of sp³-hybridized carbons (Fsp3) is 0.778. The molecule has 2 rings (SSSR count). The molecule has 1 aromatic heterocycles. The van der Waals surface area contributed by atoms with E-state index in [1.807, 2.05) is 0 Å². The van der Waals surface area contributed by atoms with Crippen molar-refractivity contribution in [2.24, 2.45) is 0 Å². The maximum atomic E-state index is 11.8. The second-order valence-electron chi connectivity index (χ2n) is 4.02. The Kier molecular flexibility index (Phi) is 2.98. The molecule has 90 valence electrons. The Labute approximate surface area is 93.6 Å². The number of rotatable bonds is 2. The summed E-state index contributed by atoms with van der Waals surface area (Å²) in [6.07, 6.45) is 1.20. The third-order valence-corrected chi connectivity index (χ3v) is 4.85. The fourth-order valence-corrected chi connectivity index (χ4v) is 3.63. The second kappa shape index (κ2) is 4.14. The Hall–Kier alpha value is -0.950. The molecule has 1 aromatic rings. The predicted molar refractivity (Wildman–Crippen MR) is 55.3 cm³/mol. The van der Waals surface area contributed by atoms with Gasteiger partial charge in [0, 0.05) is 0 Å². The molecule has 1 N–H and O–H groups in total. The van der Waals surface area contributed by atoms with E-state index in [0.29, 0.717) is 12.8 Å². The molecule has 16 heavy (non-hydrogen) atoms. The van der Waals surface area contributed by atoms with E-state index in [9.17, 15) is 13.5 Å². The third-order valence-electron chi connectivity index (χ3n) is 2.68. The third kappa shape index (κ3) is 2.10. The van der Waals surface area contributed by atoms with Crippen LogP contribution in [0.3, 0.4) is 0 Å². The molecule has 2 heterocycles. The van der Waals surface area contributed by atoms with Crippen LogP contribution in [0.4, 0.5) is 0 Å². The van der Waals surface area contributed by atoms with Crippen LogP contribution in [0.5, 0.6) is 0 Å². The van der Waals surface area contributed by atoms with Gasteiger partial charge in [0.25, 0.3) is 5.89 Å². The van der Waals surface area contributed by atoms with E-state index in [2.05, 4.69) is 10.1 Å². The van der Waals surface area contributed by atoms with Gasteiger partial charge in [0.05, 0.1) is 5.75 Å². The van der Waals surface area contributed by atoms with E-state index in [4.69, 9.17) is 4.52 Å². The summed E-state index contributed by atoms with van der Waals surface area (Å²) >= 11 is 0. The Balaban J connectivity index is 2.29. The van der Waals surface area contributed by atoms with Crippen LogP contribution in [-0.2, 0) is 9.84 Å². The fourth-order valence-electron chi connectivity index (χ4n) is 1.79. The molecule has 0 saturated carbocycles. The Bertz CT molecular complexity index is 466. The Morgan fingerprint density at radius 2 is 2.25 bits per heavy atom. The van der Waals surface area contributed by atoms with Gasteiger partial charge in [-0.15, -0.1) is 0 Å². The van der Waals surface area contributed by atoms with Gasteiger partial charge >= 0.3 is 0 Å². The summed E-state index contributed by atoms with van der Waals surface area (Å²) in [6.45, 7) is 1.49. The number of sulfone groups is 1. The van der Waals surface area contributed by atoms with Gasteiger partial charge in [-0.3, -0.25) is 0 Å². The lowest BCUT2D eigenvalue weighted by Crippen LogP contribution is -2.22. The molecule has 1 saturated heterocycles. The van der Waals surface area contributed by atoms with Gasteiger partial charge in [0.15, 0.2) is 15.7 Å². The lowest BCUT2D eigenvalue weighted by molar-refractivity contribution is 0.151. The highest BCUT2D eigenvalue weighted by Gasteiger charge is 2.34. The average Bonchev–Trinajstić information content (AvgIpc) is 2.65. The lowest BCUT2D eigenvalue weighted by Gasteiger charge is -2.18. The van der Waals surface area contributed by atoms with Crippen LogP contribution >= 0.6 is 0 Å². The van der Waals surface area contributed by atoms with Crippen LogP contribution < -0.4 is 0 Å². The highest BCUT2D eigenvalue weighted by atomic mass is 32.2. The zero-order valence-electron chi connectivity index (χ0n) is 8.96. The maximum absolute atomic E-state index is 11.8. The number of aliphatic hydroxyl groups is 1. The lowest BCUT2D eigenvalue weighted by atomic mass is 10.2. The monoisotopic (exact) mass is 246 g/mol. The van der Waals surface area contributed by atoms with Crippen molar-refractivity contribution in [1.29, 1.82) is 0 Å². The topological polar surface area (TPSA) is 93.3 Å². The summed E-state index contributed by atoms with van der Waals surface area (Å²) in [5.74, 6) is 0.419. The van der Waals surface area contributed by atoms with Crippen molar-refractivity contribution in [3.63, 3.8) is 0 Å². The molecule has 2 unspecified atom stereocenters. The molecule has 1 fully saturated rings. The van der Waals surface area contributed by atoms with Gasteiger partial charge in [0.1, 0.15) is 11.4 Å². The van der Waals surface area contributed by atoms with E-state index in [1.165, 1.54) is 6.92 Å². The molecule has 0 spiro atoms. The predicted octanol–water partition coefficient (Wildman–Crippen LogP) is 0.763. The van der Waals surface area contributed by atoms with Crippen molar-refractivity contribution in [2.75, 3.05) is 5.75 Å². The number of hydrogen-bond donors (Lipinski definition) is 1. The van der Waals surface area contributed by atoms with Crippen LogP contribution in [0.2, 0.25) is 0 Å². The molecule has 1 aliphatic heterocycles. The largest absolute Gasteiger partial charge is 0.384 e. The minimum absolute atomic E-state index is 0.0655. The van der Waals surface area contributed by atoms with Gasteiger partial charge in [0.2, 0.25) is 0 Å². The number of aromatic nitrogens is 2. The summed E-state index contributed by atoms with van der Waals surface area (Å²) in [6, 6.07) is 0. The first-order chi connectivity index (χ1) is 7.50. The van der Waals surface area contributed by atoms with E-state index in [0.717, 1.165) is 6.42 Å². The Morgan fingerprint density at radius 3 is 2.81 bits per heavy atom. The molecule has 0 amide bonds. The van der Waals surface area contributed by atoms with Crippen LogP contribution in [0.15, 0.2) is 4.52 Å². The van der Waals surface area contributed by atoms with Crippen LogP contribution in [-0.4, -0.2) is 29.4 Å². The average molecular weight is 246 g/mol. The second-order valence-corrected chi connectivity index (χ2v) is 6.32. The standard InChI is InChI=1S/C9H14N2O4S/c1-6(12)9-10-8(11-15-9)7-4-2-3-5-16(7,13)14/h6-7,12H,2-5H2,1H3. The molecule has 7 heteroatoms. The summed E-state index contributed by atoms with van der Waals surface area (Å²) in [5.41, 5.74) is 0. The van der Waals surface area contributed by atoms with Crippen molar-refractivity contribution in [1.82, 2.24) is 10.1 Å². The number of nitrogens with zero attached hydrogens (tertiary/aromatic N) is 2. The normalized spacial score (nSPS) is 26.5. The van der Waals surface area contributed by atoms with Crippen molar-refractivity contribution in [3.8, 4) is 0 Å². The summed E-state index contributed by atoms with van der Waals surface area (Å²) in [4.78, 5) is 3.92. The van der Waals surface area contributed by atoms with Crippen LogP contribution in [0, 0.1) is 0 Å². The number of hydrogen-bond acceptors (Lipinski definition) is 6. The number of aliphatic hydroxyl groups excluding tert-OH is 1. The van der Waals surface area contributed by atoms with Gasteiger partial charge in [-0.05, 0) is 19.8 Å². The molecule has 1 aliphatic rings. The minimum Gasteiger partial charge on any atom is -0.384 e. The molecule has 0 aromatic carbocycles.